The van der Waals surface area contributed by atoms with Gasteiger partial charge in [0, 0.05) is 12.6 Å². The van der Waals surface area contributed by atoms with Gasteiger partial charge in [-0.05, 0) is 37.8 Å². The second-order valence-corrected chi connectivity index (χ2v) is 6.53. The van der Waals surface area contributed by atoms with Crippen LogP contribution in [0.2, 0.25) is 0 Å². The van der Waals surface area contributed by atoms with Gasteiger partial charge in [-0.1, -0.05) is 17.7 Å². The lowest BCUT2D eigenvalue weighted by atomic mass is 9.81. The zero-order chi connectivity index (χ0) is 12.5. The van der Waals surface area contributed by atoms with E-state index in [2.05, 4.69) is 4.72 Å². The molecule has 2 rings (SSSR count). The number of benzene rings is 1. The van der Waals surface area contributed by atoms with Crippen molar-refractivity contribution < 1.29 is 8.42 Å². The summed E-state index contributed by atoms with van der Waals surface area (Å²) in [5, 5.41) is 0. The minimum atomic E-state index is -3.36. The van der Waals surface area contributed by atoms with Gasteiger partial charge in [0.15, 0.2) is 0 Å². The normalized spacial score (nSPS) is 24.4. The molecule has 0 radical (unpaired) electrons. The first-order valence-electron chi connectivity index (χ1n) is 5.79. The molecule has 1 aliphatic carbocycles. The Bertz CT molecular complexity index is 476. The van der Waals surface area contributed by atoms with E-state index in [0.717, 1.165) is 18.4 Å². The predicted octanol–water partition coefficient (Wildman–Crippen LogP) is 1.01. The van der Waals surface area contributed by atoms with Crippen molar-refractivity contribution in [3.63, 3.8) is 0 Å². The van der Waals surface area contributed by atoms with Crippen molar-refractivity contribution in [1.29, 1.82) is 0 Å². The highest BCUT2D eigenvalue weighted by Crippen LogP contribution is 2.25. The zero-order valence-electron chi connectivity index (χ0n) is 9.89. The first-order valence-corrected chi connectivity index (χ1v) is 7.27. The molecular formula is C12H18N2O2S. The molecule has 1 aliphatic rings. The predicted molar refractivity (Wildman–Crippen MR) is 67.1 cm³/mol. The average molecular weight is 254 g/mol. The minimum absolute atomic E-state index is 0.254. The molecule has 0 aliphatic heterocycles. The third-order valence-electron chi connectivity index (χ3n) is 3.17. The maximum atomic E-state index is 11.9. The van der Waals surface area contributed by atoms with Crippen molar-refractivity contribution in [2.24, 2.45) is 11.7 Å². The lowest BCUT2D eigenvalue weighted by Gasteiger charge is -2.32. The number of rotatable bonds is 4. The number of aryl methyl sites for hydroxylation is 1. The molecule has 0 atom stereocenters. The molecule has 0 heterocycles. The van der Waals surface area contributed by atoms with Crippen LogP contribution in [0.15, 0.2) is 29.2 Å². The summed E-state index contributed by atoms with van der Waals surface area (Å²) in [6.45, 7) is 2.42. The van der Waals surface area contributed by atoms with E-state index in [1.54, 1.807) is 24.3 Å². The monoisotopic (exact) mass is 254 g/mol. The van der Waals surface area contributed by atoms with Crippen molar-refractivity contribution in [3.05, 3.63) is 29.8 Å². The van der Waals surface area contributed by atoms with Gasteiger partial charge in [0.05, 0.1) is 4.90 Å². The Labute approximate surface area is 102 Å². The molecule has 0 unspecified atom stereocenters. The summed E-state index contributed by atoms with van der Waals surface area (Å²) in [5.41, 5.74) is 6.71. The topological polar surface area (TPSA) is 72.2 Å². The molecule has 1 fully saturated rings. The van der Waals surface area contributed by atoms with Crippen molar-refractivity contribution in [3.8, 4) is 0 Å². The molecule has 1 saturated carbocycles. The van der Waals surface area contributed by atoms with Crippen LogP contribution in [0.25, 0.3) is 0 Å². The molecular weight excluding hydrogens is 236 g/mol. The van der Waals surface area contributed by atoms with Gasteiger partial charge in [0.2, 0.25) is 10.0 Å². The molecule has 4 nitrogen and oxygen atoms in total. The molecule has 17 heavy (non-hydrogen) atoms. The van der Waals surface area contributed by atoms with E-state index in [9.17, 15) is 8.42 Å². The van der Waals surface area contributed by atoms with Crippen LogP contribution in [0, 0.1) is 12.8 Å². The fourth-order valence-electron chi connectivity index (χ4n) is 1.98. The lowest BCUT2D eigenvalue weighted by Crippen LogP contribution is -2.42. The van der Waals surface area contributed by atoms with Gasteiger partial charge < -0.3 is 5.73 Å². The Morgan fingerprint density at radius 3 is 2.41 bits per heavy atom. The van der Waals surface area contributed by atoms with Gasteiger partial charge in [0.1, 0.15) is 0 Å². The van der Waals surface area contributed by atoms with E-state index >= 15 is 0 Å². The number of hydrogen-bond acceptors (Lipinski definition) is 3. The molecule has 0 saturated heterocycles. The Morgan fingerprint density at radius 1 is 1.29 bits per heavy atom. The van der Waals surface area contributed by atoms with Gasteiger partial charge in [-0.25, -0.2) is 13.1 Å². The summed E-state index contributed by atoms with van der Waals surface area (Å²) in [6.07, 6.45) is 1.83. The fraction of sp³-hybridized carbons (Fsp3) is 0.500. The molecule has 1 aromatic carbocycles. The SMILES string of the molecule is Cc1ccc(S(=O)(=O)NCC2CC(N)C2)cc1. The van der Waals surface area contributed by atoms with Crippen LogP contribution in [0.5, 0.6) is 0 Å². The van der Waals surface area contributed by atoms with E-state index in [1.807, 2.05) is 6.92 Å². The van der Waals surface area contributed by atoms with Crippen LogP contribution in [0.1, 0.15) is 18.4 Å². The highest BCUT2D eigenvalue weighted by Gasteiger charge is 2.27. The third-order valence-corrected chi connectivity index (χ3v) is 4.60. The molecule has 1 aromatic rings. The van der Waals surface area contributed by atoms with Crippen LogP contribution in [-0.4, -0.2) is 21.0 Å². The molecule has 0 spiro atoms. The van der Waals surface area contributed by atoms with E-state index in [0.29, 0.717) is 17.4 Å². The van der Waals surface area contributed by atoms with Gasteiger partial charge in [-0.2, -0.15) is 0 Å². The van der Waals surface area contributed by atoms with Crippen LogP contribution in [0.4, 0.5) is 0 Å². The van der Waals surface area contributed by atoms with Crippen LogP contribution < -0.4 is 10.5 Å². The Kier molecular flexibility index (Phi) is 3.51. The fourth-order valence-corrected chi connectivity index (χ4v) is 3.10. The van der Waals surface area contributed by atoms with Gasteiger partial charge >= 0.3 is 0 Å². The summed E-state index contributed by atoms with van der Waals surface area (Å²) >= 11 is 0. The number of nitrogens with one attached hydrogen (secondary N) is 1. The zero-order valence-corrected chi connectivity index (χ0v) is 10.7. The molecule has 3 N–H and O–H groups in total. The lowest BCUT2D eigenvalue weighted by molar-refractivity contribution is 0.267. The number of sulfonamides is 1. The van der Waals surface area contributed by atoms with Gasteiger partial charge in [-0.3, -0.25) is 0 Å². The summed E-state index contributed by atoms with van der Waals surface area (Å²) < 4.78 is 26.5. The highest BCUT2D eigenvalue weighted by atomic mass is 32.2. The molecule has 0 amide bonds. The molecule has 5 heteroatoms. The molecule has 94 valence electrons. The average Bonchev–Trinajstić information content (AvgIpc) is 2.23. The largest absolute Gasteiger partial charge is 0.328 e. The van der Waals surface area contributed by atoms with Crippen LogP contribution >= 0.6 is 0 Å². The van der Waals surface area contributed by atoms with Crippen LogP contribution in [-0.2, 0) is 10.0 Å². The van der Waals surface area contributed by atoms with Crippen molar-refractivity contribution >= 4 is 10.0 Å². The smallest absolute Gasteiger partial charge is 0.240 e. The van der Waals surface area contributed by atoms with E-state index in [4.69, 9.17) is 5.73 Å². The summed E-state index contributed by atoms with van der Waals surface area (Å²) in [7, 11) is -3.36. The second kappa shape index (κ2) is 4.76. The molecule has 0 aromatic heterocycles. The first kappa shape index (κ1) is 12.5. The van der Waals surface area contributed by atoms with Crippen molar-refractivity contribution in [2.75, 3.05) is 6.54 Å². The maximum Gasteiger partial charge on any atom is 0.240 e. The van der Waals surface area contributed by atoms with E-state index in [-0.39, 0.29) is 6.04 Å². The van der Waals surface area contributed by atoms with Crippen LogP contribution in [0.3, 0.4) is 0 Å². The summed E-state index contributed by atoms with van der Waals surface area (Å²) in [4.78, 5) is 0.326. The number of hydrogen-bond donors (Lipinski definition) is 2. The third kappa shape index (κ3) is 3.06. The highest BCUT2D eigenvalue weighted by molar-refractivity contribution is 7.89. The van der Waals surface area contributed by atoms with Gasteiger partial charge in [-0.15, -0.1) is 0 Å². The van der Waals surface area contributed by atoms with Crippen molar-refractivity contribution in [1.82, 2.24) is 4.72 Å². The quantitative estimate of drug-likeness (QED) is 0.842. The standard InChI is InChI=1S/C12H18N2O2S/c1-9-2-4-12(5-3-9)17(15,16)14-8-10-6-11(13)7-10/h2-5,10-11,14H,6-8,13H2,1H3. The van der Waals surface area contributed by atoms with E-state index in [1.165, 1.54) is 0 Å². The Hall–Kier alpha value is -0.910. The summed E-state index contributed by atoms with van der Waals surface area (Å²) in [6, 6.07) is 7.11. The van der Waals surface area contributed by atoms with E-state index < -0.39 is 10.0 Å². The number of nitrogens with two attached hydrogens (primary N) is 1. The summed E-state index contributed by atoms with van der Waals surface area (Å²) in [5.74, 6) is 0.394. The Morgan fingerprint density at radius 2 is 1.88 bits per heavy atom. The van der Waals surface area contributed by atoms with Crippen molar-refractivity contribution in [2.45, 2.75) is 30.7 Å². The second-order valence-electron chi connectivity index (χ2n) is 4.76. The first-order chi connectivity index (χ1) is 7.97. The maximum absolute atomic E-state index is 11.9. The Balaban J connectivity index is 1.96. The molecule has 0 bridgehead atoms. The van der Waals surface area contributed by atoms with Gasteiger partial charge in [0.25, 0.3) is 0 Å². The minimum Gasteiger partial charge on any atom is -0.328 e.